The predicted molar refractivity (Wildman–Crippen MR) is 74.5 cm³/mol. The number of ether oxygens (including phenoxy) is 1. The zero-order valence-electron chi connectivity index (χ0n) is 11.9. The summed E-state index contributed by atoms with van der Waals surface area (Å²) in [6.45, 7) is 4.76. The molecule has 0 aromatic heterocycles. The number of esters is 1. The lowest BCUT2D eigenvalue weighted by Crippen LogP contribution is -2.12. The molecule has 0 aromatic rings. The molecule has 0 aromatic carbocycles. The van der Waals surface area contributed by atoms with Gasteiger partial charge in [-0.25, -0.2) is 0 Å². The summed E-state index contributed by atoms with van der Waals surface area (Å²) in [6, 6.07) is 0. The summed E-state index contributed by atoms with van der Waals surface area (Å²) < 4.78 is 34.1. The van der Waals surface area contributed by atoms with Crippen LogP contribution in [0.4, 0.5) is 0 Å². The lowest BCUT2D eigenvalue weighted by Gasteiger charge is -2.05. The van der Waals surface area contributed by atoms with Gasteiger partial charge in [-0.2, -0.15) is 8.42 Å². The molecule has 0 amide bonds. The van der Waals surface area contributed by atoms with Crippen LogP contribution in [0.3, 0.4) is 0 Å². The maximum absolute atomic E-state index is 11.1. The zero-order valence-corrected chi connectivity index (χ0v) is 12.7. The average molecular weight is 294 g/mol. The van der Waals surface area contributed by atoms with Crippen LogP contribution in [-0.4, -0.2) is 31.3 Å². The van der Waals surface area contributed by atoms with Gasteiger partial charge in [0.2, 0.25) is 0 Å². The van der Waals surface area contributed by atoms with E-state index in [9.17, 15) is 13.2 Å². The smallest absolute Gasteiger partial charge is 0.306 e. The van der Waals surface area contributed by atoms with Crippen molar-refractivity contribution in [2.24, 2.45) is 5.92 Å². The first-order chi connectivity index (χ1) is 8.81. The molecule has 0 aliphatic carbocycles. The molecule has 0 spiro atoms. The van der Waals surface area contributed by atoms with E-state index in [1.54, 1.807) is 0 Å². The molecule has 114 valence electrons. The highest BCUT2D eigenvalue weighted by Crippen LogP contribution is 2.10. The lowest BCUT2D eigenvalue weighted by atomic mass is 10.0. The van der Waals surface area contributed by atoms with Crippen LogP contribution >= 0.6 is 0 Å². The summed E-state index contributed by atoms with van der Waals surface area (Å²) in [4.78, 5) is 11.1. The van der Waals surface area contributed by atoms with Gasteiger partial charge in [0, 0.05) is 0 Å². The van der Waals surface area contributed by atoms with Gasteiger partial charge in [-0.15, -0.1) is 0 Å². The Balaban J connectivity index is 3.32. The van der Waals surface area contributed by atoms with E-state index >= 15 is 0 Å². The second-order valence-corrected chi connectivity index (χ2v) is 6.78. The fourth-order valence-electron chi connectivity index (χ4n) is 1.66. The lowest BCUT2D eigenvalue weighted by molar-refractivity contribution is -0.143. The third-order valence-electron chi connectivity index (χ3n) is 2.75. The molecule has 0 fully saturated rings. The number of carbonyl (C=O) groups is 1. The first kappa shape index (κ1) is 18.4. The van der Waals surface area contributed by atoms with Crippen LogP contribution in [0.25, 0.3) is 0 Å². The Bertz CT molecular complexity index is 335. The van der Waals surface area contributed by atoms with Crippen molar-refractivity contribution in [3.63, 3.8) is 0 Å². The first-order valence-corrected chi connectivity index (χ1v) is 8.53. The molecule has 0 aliphatic rings. The molecule has 0 radical (unpaired) electrons. The second kappa shape index (κ2) is 10.2. The highest BCUT2D eigenvalue weighted by molar-refractivity contribution is 7.85. The Kier molecular flexibility index (Phi) is 9.87. The average Bonchev–Trinajstić information content (AvgIpc) is 2.28. The molecule has 6 heteroatoms. The fourth-order valence-corrected chi connectivity index (χ4v) is 2.08. The predicted octanol–water partition coefficient (Wildman–Crippen LogP) is 2.80. The van der Waals surface area contributed by atoms with Gasteiger partial charge in [-0.05, 0) is 12.3 Å². The van der Waals surface area contributed by atoms with Crippen LogP contribution in [0.5, 0.6) is 0 Å². The maximum Gasteiger partial charge on any atom is 0.306 e. The molecule has 0 saturated heterocycles. The minimum absolute atomic E-state index is 0.285. The van der Waals surface area contributed by atoms with Gasteiger partial charge in [0.1, 0.15) is 0 Å². The molecule has 19 heavy (non-hydrogen) atoms. The highest BCUT2D eigenvalue weighted by atomic mass is 32.2. The Morgan fingerprint density at radius 2 is 1.68 bits per heavy atom. The Labute approximate surface area is 116 Å². The summed E-state index contributed by atoms with van der Waals surface area (Å²) in [5.74, 6) is -0.387. The van der Waals surface area contributed by atoms with E-state index < -0.39 is 21.8 Å². The van der Waals surface area contributed by atoms with Crippen molar-refractivity contribution in [1.29, 1.82) is 0 Å². The van der Waals surface area contributed by atoms with E-state index in [1.165, 1.54) is 19.3 Å². The van der Waals surface area contributed by atoms with Crippen molar-refractivity contribution < 1.29 is 22.5 Å². The Morgan fingerprint density at radius 1 is 1.11 bits per heavy atom. The summed E-state index contributed by atoms with van der Waals surface area (Å²) in [5.41, 5.74) is 0. The molecular formula is C13H26O5S. The summed E-state index contributed by atoms with van der Waals surface area (Å²) in [6.07, 6.45) is 6.37. The minimum Gasteiger partial charge on any atom is -0.466 e. The first-order valence-electron chi connectivity index (χ1n) is 6.92. The third kappa shape index (κ3) is 15.3. The quantitative estimate of drug-likeness (QED) is 0.360. The van der Waals surface area contributed by atoms with Gasteiger partial charge in [-0.1, -0.05) is 46.0 Å². The minimum atomic E-state index is -4.07. The zero-order chi connectivity index (χ0) is 14.7. The second-order valence-electron chi connectivity index (χ2n) is 5.21. The number of hydrogen-bond donors (Lipinski definition) is 1. The molecule has 0 rings (SSSR count). The molecule has 5 nitrogen and oxygen atoms in total. The van der Waals surface area contributed by atoms with Gasteiger partial charge in [0.05, 0.1) is 18.8 Å². The summed E-state index contributed by atoms with van der Waals surface area (Å²) >= 11 is 0. The van der Waals surface area contributed by atoms with Crippen LogP contribution in [0.15, 0.2) is 0 Å². The summed E-state index contributed by atoms with van der Waals surface area (Å²) in [7, 11) is -4.07. The van der Waals surface area contributed by atoms with E-state index in [-0.39, 0.29) is 6.42 Å². The number of carbonyl (C=O) groups excluding carboxylic acids is 1. The molecule has 0 aliphatic heterocycles. The molecular weight excluding hydrogens is 268 g/mol. The van der Waals surface area contributed by atoms with Crippen molar-refractivity contribution in [2.75, 3.05) is 12.4 Å². The SMILES string of the molecule is CC(C)CCCCCCCOC(=O)CCS(=O)(=O)O. The normalized spacial score (nSPS) is 11.8. The van der Waals surface area contributed by atoms with Gasteiger partial charge in [-0.3, -0.25) is 9.35 Å². The third-order valence-corrected chi connectivity index (χ3v) is 3.47. The van der Waals surface area contributed by atoms with Crippen molar-refractivity contribution in [3.8, 4) is 0 Å². The van der Waals surface area contributed by atoms with Gasteiger partial charge in [0.25, 0.3) is 10.1 Å². The van der Waals surface area contributed by atoms with Gasteiger partial charge < -0.3 is 4.74 Å². The van der Waals surface area contributed by atoms with E-state index in [2.05, 4.69) is 13.8 Å². The molecule has 1 N–H and O–H groups in total. The van der Waals surface area contributed by atoms with Crippen LogP contribution in [0, 0.1) is 5.92 Å². The molecule has 0 bridgehead atoms. The van der Waals surface area contributed by atoms with E-state index in [4.69, 9.17) is 9.29 Å². The van der Waals surface area contributed by atoms with Gasteiger partial charge >= 0.3 is 5.97 Å². The number of unbranched alkanes of at least 4 members (excludes halogenated alkanes) is 4. The van der Waals surface area contributed by atoms with Crippen molar-refractivity contribution in [3.05, 3.63) is 0 Å². The monoisotopic (exact) mass is 294 g/mol. The summed E-state index contributed by atoms with van der Waals surface area (Å²) in [5, 5.41) is 0. The Morgan fingerprint density at radius 3 is 2.26 bits per heavy atom. The molecule has 0 unspecified atom stereocenters. The van der Waals surface area contributed by atoms with Crippen LogP contribution in [0.1, 0.15) is 58.8 Å². The van der Waals surface area contributed by atoms with Crippen molar-refractivity contribution in [1.82, 2.24) is 0 Å². The van der Waals surface area contributed by atoms with E-state index in [1.807, 2.05) is 0 Å². The maximum atomic E-state index is 11.1. The van der Waals surface area contributed by atoms with Crippen molar-refractivity contribution >= 4 is 16.1 Å². The van der Waals surface area contributed by atoms with Crippen LogP contribution in [0.2, 0.25) is 0 Å². The molecule has 0 atom stereocenters. The van der Waals surface area contributed by atoms with E-state index in [0.29, 0.717) is 6.61 Å². The topological polar surface area (TPSA) is 80.7 Å². The van der Waals surface area contributed by atoms with Crippen LogP contribution < -0.4 is 0 Å². The Hall–Kier alpha value is -0.620. The van der Waals surface area contributed by atoms with E-state index in [0.717, 1.165) is 25.2 Å². The van der Waals surface area contributed by atoms with Crippen LogP contribution in [-0.2, 0) is 19.6 Å². The molecule has 0 heterocycles. The van der Waals surface area contributed by atoms with Gasteiger partial charge in [0.15, 0.2) is 0 Å². The fraction of sp³-hybridized carbons (Fsp3) is 0.923. The highest BCUT2D eigenvalue weighted by Gasteiger charge is 2.10. The molecule has 0 saturated carbocycles. The van der Waals surface area contributed by atoms with Crippen molar-refractivity contribution in [2.45, 2.75) is 58.8 Å². The largest absolute Gasteiger partial charge is 0.466 e. The number of rotatable bonds is 11. The number of hydrogen-bond acceptors (Lipinski definition) is 4. The standard InChI is InChI=1S/C13H26O5S/c1-12(2)8-6-4-3-5-7-10-18-13(14)9-11-19(15,16)17/h12H,3-11H2,1-2H3,(H,15,16,17).